The van der Waals surface area contributed by atoms with Crippen LogP contribution in [-0.4, -0.2) is 25.8 Å². The van der Waals surface area contributed by atoms with Crippen molar-refractivity contribution >= 4 is 6.08 Å². The van der Waals surface area contributed by atoms with Crippen LogP contribution in [0, 0.1) is 0 Å². The maximum Gasteiger partial charge on any atom is 0.151 e. The number of benzene rings is 2. The molecule has 1 unspecified atom stereocenters. The molecule has 2 aromatic carbocycles. The number of hydrogen-bond acceptors (Lipinski definition) is 3. The van der Waals surface area contributed by atoms with Crippen LogP contribution in [0.2, 0.25) is 0 Å². The molecule has 1 heterocycles. The van der Waals surface area contributed by atoms with Crippen LogP contribution in [0.5, 0.6) is 5.75 Å². The van der Waals surface area contributed by atoms with Crippen LogP contribution in [-0.2, 0) is 4.74 Å². The molecule has 3 rings (SSSR count). The van der Waals surface area contributed by atoms with E-state index in [1.54, 1.807) is 0 Å². The van der Waals surface area contributed by atoms with Gasteiger partial charge in [0.2, 0.25) is 0 Å². The van der Waals surface area contributed by atoms with Gasteiger partial charge in [-0.2, -0.15) is 0 Å². The summed E-state index contributed by atoms with van der Waals surface area (Å²) in [5.41, 5.74) is 2.11. The molecule has 1 aliphatic rings. The van der Waals surface area contributed by atoms with Crippen molar-refractivity contribution < 1.29 is 9.47 Å². The van der Waals surface area contributed by atoms with E-state index in [2.05, 4.69) is 24.0 Å². The van der Waals surface area contributed by atoms with Crippen LogP contribution in [0.4, 0.5) is 0 Å². The minimum Gasteiger partial charge on any atom is -0.482 e. The highest BCUT2D eigenvalue weighted by molar-refractivity contribution is 5.55. The summed E-state index contributed by atoms with van der Waals surface area (Å²) in [5.74, 6) is 0.834. The van der Waals surface area contributed by atoms with Gasteiger partial charge in [0.1, 0.15) is 11.9 Å². The zero-order valence-electron chi connectivity index (χ0n) is 12.6. The van der Waals surface area contributed by atoms with Gasteiger partial charge in [0.15, 0.2) is 6.10 Å². The zero-order chi connectivity index (χ0) is 15.2. The largest absolute Gasteiger partial charge is 0.482 e. The van der Waals surface area contributed by atoms with Crippen molar-refractivity contribution in [1.82, 2.24) is 5.32 Å². The fraction of sp³-hybridized carbons (Fsp3) is 0.263. The van der Waals surface area contributed by atoms with Gasteiger partial charge in [0.25, 0.3) is 0 Å². The van der Waals surface area contributed by atoms with Crippen LogP contribution in [0.3, 0.4) is 0 Å². The Kier molecular flexibility index (Phi) is 4.88. The molecule has 1 fully saturated rings. The predicted octanol–water partition coefficient (Wildman–Crippen LogP) is 3.44. The first-order valence-electron chi connectivity index (χ1n) is 7.64. The summed E-state index contributed by atoms with van der Waals surface area (Å²) in [6.45, 7) is 6.25. The molecule has 0 radical (unpaired) electrons. The average molecular weight is 295 g/mol. The monoisotopic (exact) mass is 295 g/mol. The first-order chi connectivity index (χ1) is 10.9. The normalized spacial score (nSPS) is 19.4. The first kappa shape index (κ1) is 14.8. The summed E-state index contributed by atoms with van der Waals surface area (Å²) >= 11 is 0. The maximum absolute atomic E-state index is 6.33. The van der Waals surface area contributed by atoms with Gasteiger partial charge >= 0.3 is 0 Å². The molecule has 0 amide bonds. The molecule has 3 heteroatoms. The standard InChI is InChI=1S/C19H21NO2/c1-2-15-8-6-7-11-17(15)22-19(16-9-4-3-5-10-16)18-14-20-12-13-21-18/h2-11,18-20H,1,12-14H2/t18?,19-/m0/s1. The Balaban J connectivity index is 1.89. The molecule has 0 saturated carbocycles. The molecule has 22 heavy (non-hydrogen) atoms. The van der Waals surface area contributed by atoms with Gasteiger partial charge in [0, 0.05) is 18.7 Å². The summed E-state index contributed by atoms with van der Waals surface area (Å²) in [6, 6.07) is 18.2. The minimum absolute atomic E-state index is 0.00554. The van der Waals surface area contributed by atoms with Crippen LogP contribution in [0.15, 0.2) is 61.2 Å². The molecular formula is C19H21NO2. The molecule has 0 bridgehead atoms. The third kappa shape index (κ3) is 3.38. The Morgan fingerprint density at radius 3 is 2.64 bits per heavy atom. The van der Waals surface area contributed by atoms with Gasteiger partial charge in [-0.15, -0.1) is 0 Å². The summed E-state index contributed by atoms with van der Waals surface area (Å²) in [7, 11) is 0. The second kappa shape index (κ2) is 7.25. The van der Waals surface area contributed by atoms with Crippen LogP contribution >= 0.6 is 0 Å². The van der Waals surface area contributed by atoms with Crippen molar-refractivity contribution in [2.24, 2.45) is 0 Å². The van der Waals surface area contributed by atoms with Gasteiger partial charge in [-0.1, -0.05) is 61.2 Å². The number of ether oxygens (including phenoxy) is 2. The third-order valence-electron chi connectivity index (χ3n) is 3.81. The van der Waals surface area contributed by atoms with Gasteiger partial charge in [0.05, 0.1) is 6.61 Å². The summed E-state index contributed by atoms with van der Waals surface area (Å²) in [6.07, 6.45) is 1.67. The molecule has 1 aliphatic heterocycles. The van der Waals surface area contributed by atoms with Gasteiger partial charge in [-0.3, -0.25) is 0 Å². The molecule has 1 saturated heterocycles. The lowest BCUT2D eigenvalue weighted by Gasteiger charge is -2.32. The Labute approximate surface area is 131 Å². The summed E-state index contributed by atoms with van der Waals surface area (Å²) in [4.78, 5) is 0. The predicted molar refractivity (Wildman–Crippen MR) is 89.0 cm³/mol. The lowest BCUT2D eigenvalue weighted by Crippen LogP contribution is -2.43. The van der Waals surface area contributed by atoms with Crippen molar-refractivity contribution in [2.45, 2.75) is 12.2 Å². The minimum atomic E-state index is -0.143. The first-order valence-corrected chi connectivity index (χ1v) is 7.64. The Morgan fingerprint density at radius 1 is 1.14 bits per heavy atom. The molecule has 114 valence electrons. The van der Waals surface area contributed by atoms with Crippen molar-refractivity contribution in [3.63, 3.8) is 0 Å². The van der Waals surface area contributed by atoms with E-state index in [0.717, 1.165) is 30.0 Å². The van der Waals surface area contributed by atoms with Gasteiger partial charge in [-0.05, 0) is 11.6 Å². The molecule has 0 aliphatic carbocycles. The number of nitrogens with one attached hydrogen (secondary N) is 1. The lowest BCUT2D eigenvalue weighted by molar-refractivity contribution is -0.0433. The average Bonchev–Trinajstić information content (AvgIpc) is 2.61. The van der Waals surface area contributed by atoms with E-state index >= 15 is 0 Å². The highest BCUT2D eigenvalue weighted by Crippen LogP contribution is 2.29. The fourth-order valence-corrected chi connectivity index (χ4v) is 2.67. The van der Waals surface area contributed by atoms with Gasteiger partial charge in [-0.25, -0.2) is 0 Å². The summed E-state index contributed by atoms with van der Waals surface area (Å²) < 4.78 is 12.3. The Bertz CT molecular complexity index is 606. The lowest BCUT2D eigenvalue weighted by atomic mass is 10.0. The zero-order valence-corrected chi connectivity index (χ0v) is 12.6. The van der Waals surface area contributed by atoms with E-state index < -0.39 is 0 Å². The fourth-order valence-electron chi connectivity index (χ4n) is 2.67. The van der Waals surface area contributed by atoms with Crippen LogP contribution < -0.4 is 10.1 Å². The van der Waals surface area contributed by atoms with Crippen molar-refractivity contribution in [2.75, 3.05) is 19.7 Å². The molecular weight excluding hydrogens is 274 g/mol. The van der Waals surface area contributed by atoms with Crippen LogP contribution in [0.1, 0.15) is 17.2 Å². The van der Waals surface area contributed by atoms with E-state index in [1.165, 1.54) is 0 Å². The second-order valence-electron chi connectivity index (χ2n) is 5.30. The number of hydrogen-bond donors (Lipinski definition) is 1. The third-order valence-corrected chi connectivity index (χ3v) is 3.81. The van der Waals surface area contributed by atoms with Crippen molar-refractivity contribution in [3.05, 3.63) is 72.3 Å². The quantitative estimate of drug-likeness (QED) is 0.916. The van der Waals surface area contributed by atoms with Gasteiger partial charge < -0.3 is 14.8 Å². The Hall–Kier alpha value is -2.10. The molecule has 0 aromatic heterocycles. The molecule has 2 atom stereocenters. The number of para-hydroxylation sites is 1. The summed E-state index contributed by atoms with van der Waals surface area (Å²) in [5, 5.41) is 3.37. The topological polar surface area (TPSA) is 30.5 Å². The van der Waals surface area contributed by atoms with Crippen LogP contribution in [0.25, 0.3) is 6.08 Å². The molecule has 2 aromatic rings. The maximum atomic E-state index is 6.33. The van der Waals surface area contributed by atoms with E-state index in [4.69, 9.17) is 9.47 Å². The molecule has 3 nitrogen and oxygen atoms in total. The van der Waals surface area contributed by atoms with E-state index in [1.807, 2.05) is 48.5 Å². The highest BCUT2D eigenvalue weighted by Gasteiger charge is 2.28. The Morgan fingerprint density at radius 2 is 1.91 bits per heavy atom. The van der Waals surface area contributed by atoms with E-state index in [9.17, 15) is 0 Å². The van der Waals surface area contributed by atoms with E-state index in [-0.39, 0.29) is 12.2 Å². The smallest absolute Gasteiger partial charge is 0.151 e. The SMILES string of the molecule is C=Cc1ccccc1O[C@@H](c1ccccc1)C1CNCCO1. The number of morpholine rings is 1. The van der Waals surface area contributed by atoms with E-state index in [0.29, 0.717) is 6.61 Å². The molecule has 0 spiro atoms. The molecule has 1 N–H and O–H groups in total. The van der Waals surface area contributed by atoms with Crippen molar-refractivity contribution in [3.8, 4) is 5.75 Å². The number of rotatable bonds is 5. The van der Waals surface area contributed by atoms with Crippen molar-refractivity contribution in [1.29, 1.82) is 0 Å². The highest BCUT2D eigenvalue weighted by atomic mass is 16.5. The second-order valence-corrected chi connectivity index (χ2v) is 5.30.